The number of rotatable bonds is 2. The van der Waals surface area contributed by atoms with E-state index in [1.54, 1.807) is 0 Å². The monoisotopic (exact) mass is 331 g/mol. The van der Waals surface area contributed by atoms with Gasteiger partial charge < -0.3 is 0 Å². The summed E-state index contributed by atoms with van der Waals surface area (Å²) in [7, 11) is 0. The van der Waals surface area contributed by atoms with Gasteiger partial charge >= 0.3 is 0 Å². The number of nitrogens with one attached hydrogen (secondary N) is 1. The fraction of sp³-hybridized carbons (Fsp3) is 0.0500. The lowest BCUT2D eigenvalue weighted by molar-refractivity contribution is 1.07. The van der Waals surface area contributed by atoms with Crippen LogP contribution in [0.3, 0.4) is 0 Å². The van der Waals surface area contributed by atoms with E-state index in [1.165, 1.54) is 0 Å². The van der Waals surface area contributed by atoms with E-state index < -0.39 is 0 Å². The molecule has 3 nitrogen and oxygen atoms in total. The van der Waals surface area contributed by atoms with Gasteiger partial charge in [-0.1, -0.05) is 78.0 Å². The Balaban J connectivity index is 2.04. The molecule has 3 aromatic rings. The largest absolute Gasteiger partial charge is 0.278 e. The van der Waals surface area contributed by atoms with Crippen LogP contribution in [0, 0.1) is 0 Å². The SMILES string of the molecule is ClC1=c2c(-c3ccccc3)n[nH]c2=C=CCN=C1c1ccccc1. The molecule has 0 radical (unpaired) electrons. The van der Waals surface area contributed by atoms with Gasteiger partial charge in [-0.25, -0.2) is 0 Å². The van der Waals surface area contributed by atoms with Crippen molar-refractivity contribution in [2.45, 2.75) is 0 Å². The van der Waals surface area contributed by atoms with Crippen LogP contribution < -0.4 is 10.6 Å². The highest BCUT2D eigenvalue weighted by Gasteiger charge is 2.15. The van der Waals surface area contributed by atoms with Crippen molar-refractivity contribution in [3.8, 4) is 11.3 Å². The molecule has 0 spiro atoms. The summed E-state index contributed by atoms with van der Waals surface area (Å²) in [5, 5.41) is 9.71. The smallest absolute Gasteiger partial charge is 0.109 e. The molecule has 116 valence electrons. The molecule has 2 heterocycles. The summed E-state index contributed by atoms with van der Waals surface area (Å²) in [5.41, 5.74) is 6.78. The first-order valence-electron chi connectivity index (χ1n) is 7.69. The summed E-state index contributed by atoms with van der Waals surface area (Å²) in [6.45, 7) is 0.527. The third-order valence-electron chi connectivity index (χ3n) is 3.88. The van der Waals surface area contributed by atoms with Crippen LogP contribution in [0.4, 0.5) is 0 Å². The molecule has 0 aliphatic carbocycles. The molecule has 0 saturated carbocycles. The molecule has 0 atom stereocenters. The Kier molecular flexibility index (Phi) is 3.87. The molecule has 1 aromatic heterocycles. The van der Waals surface area contributed by atoms with Crippen molar-refractivity contribution in [1.29, 1.82) is 0 Å². The van der Waals surface area contributed by atoms with E-state index >= 15 is 0 Å². The number of benzene rings is 2. The minimum Gasteiger partial charge on any atom is -0.278 e. The van der Waals surface area contributed by atoms with E-state index in [9.17, 15) is 0 Å². The summed E-state index contributed by atoms with van der Waals surface area (Å²) < 4.78 is 0. The fourth-order valence-electron chi connectivity index (χ4n) is 2.75. The zero-order valence-corrected chi connectivity index (χ0v) is 13.6. The van der Waals surface area contributed by atoms with Gasteiger partial charge in [-0.05, 0) is 6.08 Å². The third kappa shape index (κ3) is 2.61. The van der Waals surface area contributed by atoms with Gasteiger partial charge in [0.2, 0.25) is 0 Å². The fourth-order valence-corrected chi connectivity index (χ4v) is 3.10. The molecule has 4 rings (SSSR count). The molecule has 1 N–H and O–H groups in total. The number of hydrogen-bond acceptors (Lipinski definition) is 2. The van der Waals surface area contributed by atoms with Gasteiger partial charge in [0.15, 0.2) is 0 Å². The number of nitrogens with zero attached hydrogens (tertiary/aromatic N) is 2. The lowest BCUT2D eigenvalue weighted by Crippen LogP contribution is -2.28. The lowest BCUT2D eigenvalue weighted by atomic mass is 10.1. The van der Waals surface area contributed by atoms with Gasteiger partial charge in [-0.2, -0.15) is 5.10 Å². The van der Waals surface area contributed by atoms with Gasteiger partial charge in [-0.15, -0.1) is 0 Å². The van der Waals surface area contributed by atoms with E-state index in [-0.39, 0.29) is 0 Å². The third-order valence-corrected chi connectivity index (χ3v) is 4.24. The lowest BCUT2D eigenvalue weighted by Gasteiger charge is -2.07. The van der Waals surface area contributed by atoms with Gasteiger partial charge in [0.25, 0.3) is 0 Å². The first-order chi connectivity index (χ1) is 11.8. The predicted molar refractivity (Wildman–Crippen MR) is 98.4 cm³/mol. The summed E-state index contributed by atoms with van der Waals surface area (Å²) in [5.74, 6) is 0. The molecule has 0 saturated heterocycles. The van der Waals surface area contributed by atoms with E-state index in [2.05, 4.69) is 20.9 Å². The molecule has 1 aliphatic rings. The van der Waals surface area contributed by atoms with E-state index in [0.29, 0.717) is 11.6 Å². The zero-order chi connectivity index (χ0) is 16.4. The minimum atomic E-state index is 0.527. The first-order valence-corrected chi connectivity index (χ1v) is 8.07. The Hall–Kier alpha value is -2.87. The first kappa shape index (κ1) is 14.7. The van der Waals surface area contributed by atoms with Crippen molar-refractivity contribution >= 4 is 28.1 Å². The highest BCUT2D eigenvalue weighted by Crippen LogP contribution is 2.17. The topological polar surface area (TPSA) is 41.0 Å². The van der Waals surface area contributed by atoms with Crippen molar-refractivity contribution < 1.29 is 0 Å². The quantitative estimate of drug-likeness (QED) is 0.770. The number of hydrogen-bond donors (Lipinski definition) is 1. The molecule has 0 fully saturated rings. The van der Waals surface area contributed by atoms with Crippen LogP contribution in [0.25, 0.3) is 22.0 Å². The van der Waals surface area contributed by atoms with Crippen LogP contribution in [0.5, 0.6) is 0 Å². The molecular weight excluding hydrogens is 318 g/mol. The molecule has 24 heavy (non-hydrogen) atoms. The zero-order valence-electron chi connectivity index (χ0n) is 12.8. The van der Waals surface area contributed by atoms with Gasteiger partial charge in [0, 0.05) is 11.1 Å². The minimum absolute atomic E-state index is 0.527. The second kappa shape index (κ2) is 6.32. The van der Waals surface area contributed by atoms with E-state index in [1.807, 2.05) is 66.7 Å². The van der Waals surface area contributed by atoms with Crippen LogP contribution in [0.15, 0.2) is 71.7 Å². The molecular formula is C20H14ClN3. The molecule has 0 amide bonds. The Morgan fingerprint density at radius 1 is 0.917 bits per heavy atom. The second-order valence-electron chi connectivity index (χ2n) is 5.41. The number of H-pyrrole nitrogens is 1. The van der Waals surface area contributed by atoms with Crippen molar-refractivity contribution in [1.82, 2.24) is 10.2 Å². The molecule has 2 aromatic carbocycles. The Bertz CT molecular complexity index is 1060. The standard InChI is InChI=1S/C20H14ClN3/c21-18-17-16(23-24-19(17)14-8-3-1-4-9-14)12-7-13-22-20(18)15-10-5-2-6-11-15/h1-11,23H,13H2. The number of aliphatic imine (C=N–C) groups is 1. The maximum Gasteiger partial charge on any atom is 0.109 e. The number of fused-ring (bicyclic) bond motifs is 1. The molecule has 0 bridgehead atoms. The number of aromatic nitrogens is 2. The molecule has 4 heteroatoms. The summed E-state index contributed by atoms with van der Waals surface area (Å²) >= 11 is 6.79. The van der Waals surface area contributed by atoms with Crippen LogP contribution in [0.2, 0.25) is 0 Å². The van der Waals surface area contributed by atoms with Crippen molar-refractivity contribution in [3.05, 3.63) is 82.9 Å². The Morgan fingerprint density at radius 3 is 2.29 bits per heavy atom. The normalized spacial score (nSPS) is 13.5. The molecule has 1 aliphatic heterocycles. The van der Waals surface area contributed by atoms with E-state index in [4.69, 9.17) is 11.6 Å². The predicted octanol–water partition coefficient (Wildman–Crippen LogP) is 2.86. The Morgan fingerprint density at radius 2 is 1.58 bits per heavy atom. The highest BCUT2D eigenvalue weighted by molar-refractivity contribution is 6.64. The van der Waals surface area contributed by atoms with Crippen molar-refractivity contribution in [3.63, 3.8) is 0 Å². The van der Waals surface area contributed by atoms with Crippen LogP contribution in [-0.2, 0) is 0 Å². The van der Waals surface area contributed by atoms with Crippen molar-refractivity contribution in [2.75, 3.05) is 6.54 Å². The summed E-state index contributed by atoms with van der Waals surface area (Å²) in [6.07, 6.45) is 1.89. The van der Waals surface area contributed by atoms with Gasteiger partial charge in [0.05, 0.1) is 22.5 Å². The maximum atomic E-state index is 6.79. The average molecular weight is 332 g/mol. The number of halogens is 1. The van der Waals surface area contributed by atoms with Gasteiger partial charge in [0.1, 0.15) is 11.0 Å². The summed E-state index contributed by atoms with van der Waals surface area (Å²) in [6, 6.07) is 20.0. The maximum absolute atomic E-state index is 6.79. The van der Waals surface area contributed by atoms with Crippen LogP contribution in [-0.4, -0.2) is 22.5 Å². The second-order valence-corrected chi connectivity index (χ2v) is 5.78. The average Bonchev–Trinajstić information content (AvgIpc) is 3.04. The number of aromatic amines is 1. The van der Waals surface area contributed by atoms with Crippen LogP contribution >= 0.6 is 11.6 Å². The van der Waals surface area contributed by atoms with Gasteiger partial charge in [-0.3, -0.25) is 10.1 Å². The summed E-state index contributed by atoms with van der Waals surface area (Å²) in [4.78, 5) is 4.64. The van der Waals surface area contributed by atoms with Crippen LogP contribution in [0.1, 0.15) is 5.56 Å². The van der Waals surface area contributed by atoms with Crippen molar-refractivity contribution in [2.24, 2.45) is 4.99 Å². The Labute approximate surface area is 144 Å². The van der Waals surface area contributed by atoms with E-state index in [0.717, 1.165) is 33.1 Å². The molecule has 0 unspecified atom stereocenters. The highest BCUT2D eigenvalue weighted by atomic mass is 35.5.